The molecule has 1 heterocycles. The summed E-state index contributed by atoms with van der Waals surface area (Å²) in [6.45, 7) is 11.5. The molecule has 0 aliphatic rings. The predicted molar refractivity (Wildman–Crippen MR) is 76.8 cm³/mol. The maximum absolute atomic E-state index is 12.1. The van der Waals surface area contributed by atoms with Gasteiger partial charge in [-0.15, -0.1) is 13.2 Å². The van der Waals surface area contributed by atoms with Gasteiger partial charge in [-0.1, -0.05) is 12.2 Å². The van der Waals surface area contributed by atoms with Crippen molar-refractivity contribution in [3.05, 3.63) is 49.0 Å². The molecule has 4 heteroatoms. The second-order valence-corrected chi connectivity index (χ2v) is 4.53. The van der Waals surface area contributed by atoms with Crippen LogP contribution in [0.3, 0.4) is 0 Å². The van der Waals surface area contributed by atoms with Gasteiger partial charge in [-0.2, -0.15) is 0 Å². The number of rotatable bonds is 8. The van der Waals surface area contributed by atoms with Crippen LogP contribution in [0.5, 0.6) is 0 Å². The van der Waals surface area contributed by atoms with Gasteiger partial charge in [-0.05, 0) is 19.1 Å². The van der Waals surface area contributed by atoms with E-state index in [9.17, 15) is 4.79 Å². The summed E-state index contributed by atoms with van der Waals surface area (Å²) in [5, 5.41) is 0. The Hall–Kier alpha value is -1.81. The van der Waals surface area contributed by atoms with E-state index in [0.717, 1.165) is 11.5 Å². The molecule has 104 valence electrons. The first-order valence-electron chi connectivity index (χ1n) is 6.30. The van der Waals surface area contributed by atoms with Crippen LogP contribution in [0.4, 0.5) is 0 Å². The fraction of sp³-hybridized carbons (Fsp3) is 0.400. The number of furan rings is 1. The number of aryl methyl sites for hydroxylation is 1. The summed E-state index contributed by atoms with van der Waals surface area (Å²) in [7, 11) is 1.78. The maximum Gasteiger partial charge on any atom is 0.236 e. The van der Waals surface area contributed by atoms with Gasteiger partial charge in [-0.25, -0.2) is 0 Å². The summed E-state index contributed by atoms with van der Waals surface area (Å²) >= 11 is 0. The van der Waals surface area contributed by atoms with Gasteiger partial charge in [-0.3, -0.25) is 9.69 Å². The van der Waals surface area contributed by atoms with Crippen LogP contribution in [0.1, 0.15) is 11.5 Å². The zero-order valence-electron chi connectivity index (χ0n) is 11.8. The number of hydrogen-bond acceptors (Lipinski definition) is 3. The molecule has 0 atom stereocenters. The Morgan fingerprint density at radius 2 is 1.95 bits per heavy atom. The molecule has 1 rings (SSSR count). The molecule has 0 aliphatic carbocycles. The zero-order chi connectivity index (χ0) is 14.3. The Morgan fingerprint density at radius 3 is 2.42 bits per heavy atom. The van der Waals surface area contributed by atoms with Crippen LogP contribution in [0, 0.1) is 6.92 Å². The lowest BCUT2D eigenvalue weighted by atomic mass is 10.3. The molecular formula is C15H22N2O2. The third kappa shape index (κ3) is 5.14. The van der Waals surface area contributed by atoms with Gasteiger partial charge in [0.15, 0.2) is 0 Å². The summed E-state index contributed by atoms with van der Waals surface area (Å²) < 4.78 is 5.46. The summed E-state index contributed by atoms with van der Waals surface area (Å²) in [4.78, 5) is 15.7. The van der Waals surface area contributed by atoms with E-state index in [-0.39, 0.29) is 5.91 Å². The van der Waals surface area contributed by atoms with Gasteiger partial charge in [0.05, 0.1) is 13.1 Å². The van der Waals surface area contributed by atoms with Crippen molar-refractivity contribution < 1.29 is 9.21 Å². The van der Waals surface area contributed by atoms with Crippen LogP contribution < -0.4 is 0 Å². The van der Waals surface area contributed by atoms with Crippen molar-refractivity contribution in [1.29, 1.82) is 0 Å². The topological polar surface area (TPSA) is 36.7 Å². The van der Waals surface area contributed by atoms with Crippen molar-refractivity contribution in [3.63, 3.8) is 0 Å². The molecule has 0 saturated heterocycles. The van der Waals surface area contributed by atoms with E-state index >= 15 is 0 Å². The molecule has 1 amide bonds. The van der Waals surface area contributed by atoms with Crippen LogP contribution >= 0.6 is 0 Å². The van der Waals surface area contributed by atoms with Crippen molar-refractivity contribution in [2.24, 2.45) is 0 Å². The molecular weight excluding hydrogens is 240 g/mol. The smallest absolute Gasteiger partial charge is 0.236 e. The summed E-state index contributed by atoms with van der Waals surface area (Å²) in [6.07, 6.45) is 3.57. The van der Waals surface area contributed by atoms with Gasteiger partial charge < -0.3 is 9.32 Å². The number of amides is 1. The highest BCUT2D eigenvalue weighted by atomic mass is 16.3. The molecule has 4 nitrogen and oxygen atoms in total. The summed E-state index contributed by atoms with van der Waals surface area (Å²) in [5.74, 6) is 1.71. The highest BCUT2D eigenvalue weighted by molar-refractivity contribution is 5.77. The molecule has 1 aromatic heterocycles. The van der Waals surface area contributed by atoms with Crippen LogP contribution in [-0.4, -0.2) is 42.4 Å². The van der Waals surface area contributed by atoms with Crippen molar-refractivity contribution in [2.45, 2.75) is 13.5 Å². The molecule has 0 aliphatic heterocycles. The molecule has 0 bridgehead atoms. The van der Waals surface area contributed by atoms with Crippen molar-refractivity contribution in [3.8, 4) is 0 Å². The van der Waals surface area contributed by atoms with Crippen molar-refractivity contribution >= 4 is 5.91 Å². The Labute approximate surface area is 115 Å². The number of carbonyl (C=O) groups is 1. The van der Waals surface area contributed by atoms with Crippen molar-refractivity contribution in [1.82, 2.24) is 9.80 Å². The number of carbonyl (C=O) groups excluding carboxylic acids is 1. The van der Waals surface area contributed by atoms with Gasteiger partial charge >= 0.3 is 0 Å². The van der Waals surface area contributed by atoms with Gasteiger partial charge in [0.1, 0.15) is 11.5 Å². The minimum absolute atomic E-state index is 0.0535. The average molecular weight is 262 g/mol. The molecule has 0 spiro atoms. The van der Waals surface area contributed by atoms with E-state index in [1.165, 1.54) is 0 Å². The minimum Gasteiger partial charge on any atom is -0.464 e. The fourth-order valence-electron chi connectivity index (χ4n) is 1.77. The first kappa shape index (κ1) is 15.2. The molecule has 0 radical (unpaired) electrons. The largest absolute Gasteiger partial charge is 0.464 e. The normalized spacial score (nSPS) is 10.5. The maximum atomic E-state index is 12.1. The van der Waals surface area contributed by atoms with Gasteiger partial charge in [0.2, 0.25) is 5.91 Å². The third-order valence-corrected chi connectivity index (χ3v) is 2.75. The van der Waals surface area contributed by atoms with E-state index < -0.39 is 0 Å². The lowest BCUT2D eigenvalue weighted by Crippen LogP contribution is -2.38. The monoisotopic (exact) mass is 262 g/mol. The summed E-state index contributed by atoms with van der Waals surface area (Å²) in [5.41, 5.74) is 0. The number of nitrogens with zero attached hydrogens (tertiary/aromatic N) is 2. The quantitative estimate of drug-likeness (QED) is 0.674. The standard InChI is InChI=1S/C15H22N2O2/c1-5-9-17(10-6-2)12-15(18)16(4)11-14-8-7-13(3)19-14/h5-8H,1-2,9-12H2,3-4H3. The molecule has 0 N–H and O–H groups in total. The number of hydrogen-bond donors (Lipinski definition) is 0. The summed E-state index contributed by atoms with van der Waals surface area (Å²) in [6, 6.07) is 3.79. The lowest BCUT2D eigenvalue weighted by Gasteiger charge is -2.22. The SMILES string of the molecule is C=CCN(CC=C)CC(=O)N(C)Cc1ccc(C)o1. The Morgan fingerprint density at radius 1 is 1.32 bits per heavy atom. The van der Waals surface area contributed by atoms with Crippen molar-refractivity contribution in [2.75, 3.05) is 26.7 Å². The molecule has 0 saturated carbocycles. The molecule has 19 heavy (non-hydrogen) atoms. The van der Waals surface area contributed by atoms with E-state index in [1.807, 2.05) is 24.0 Å². The minimum atomic E-state index is 0.0535. The molecule has 0 aromatic carbocycles. The van der Waals surface area contributed by atoms with Crippen LogP contribution in [-0.2, 0) is 11.3 Å². The molecule has 1 aromatic rings. The first-order valence-corrected chi connectivity index (χ1v) is 6.30. The van der Waals surface area contributed by atoms with E-state index in [0.29, 0.717) is 26.2 Å². The van der Waals surface area contributed by atoms with E-state index in [2.05, 4.69) is 13.2 Å². The fourth-order valence-corrected chi connectivity index (χ4v) is 1.77. The van der Waals surface area contributed by atoms with Gasteiger partial charge in [0, 0.05) is 20.1 Å². The predicted octanol–water partition coefficient (Wildman–Crippen LogP) is 2.22. The number of likely N-dealkylation sites (N-methyl/N-ethyl adjacent to an activating group) is 1. The zero-order valence-corrected chi connectivity index (χ0v) is 11.8. The van der Waals surface area contributed by atoms with E-state index in [4.69, 9.17) is 4.42 Å². The Bertz CT molecular complexity index is 427. The highest BCUT2D eigenvalue weighted by Crippen LogP contribution is 2.08. The second kappa shape index (κ2) is 7.59. The lowest BCUT2D eigenvalue weighted by molar-refractivity contribution is -0.131. The van der Waals surface area contributed by atoms with Crippen LogP contribution in [0.25, 0.3) is 0 Å². The molecule has 0 unspecified atom stereocenters. The Balaban J connectivity index is 2.50. The third-order valence-electron chi connectivity index (χ3n) is 2.75. The van der Waals surface area contributed by atoms with Crippen LogP contribution in [0.2, 0.25) is 0 Å². The van der Waals surface area contributed by atoms with E-state index in [1.54, 1.807) is 24.1 Å². The molecule has 0 fully saturated rings. The van der Waals surface area contributed by atoms with Gasteiger partial charge in [0.25, 0.3) is 0 Å². The first-order chi connectivity index (χ1) is 9.06. The Kier molecular flexibility index (Phi) is 6.09. The second-order valence-electron chi connectivity index (χ2n) is 4.53. The van der Waals surface area contributed by atoms with Crippen LogP contribution in [0.15, 0.2) is 41.9 Å². The average Bonchev–Trinajstić information content (AvgIpc) is 2.75. The highest BCUT2D eigenvalue weighted by Gasteiger charge is 2.14.